The van der Waals surface area contributed by atoms with E-state index in [9.17, 15) is 8.42 Å². The van der Waals surface area contributed by atoms with Gasteiger partial charge >= 0.3 is 0 Å². The number of ether oxygens (including phenoxy) is 2. The summed E-state index contributed by atoms with van der Waals surface area (Å²) in [7, 11) is -3.16. The van der Waals surface area contributed by atoms with Crippen molar-refractivity contribution >= 4 is 16.1 Å². The molecule has 0 aromatic carbocycles. The Morgan fingerprint density at radius 2 is 1.67 bits per heavy atom. The van der Waals surface area contributed by atoms with Crippen LogP contribution in [0.5, 0.6) is 0 Å². The van der Waals surface area contributed by atoms with Crippen LogP contribution in [0.25, 0.3) is 0 Å². The smallest absolute Gasteiger partial charge is 0.173 e. The quantitative estimate of drug-likeness (QED) is 0.450. The maximum Gasteiger partial charge on any atom is 0.173 e. The molecular formula is C10H19O6SY-. The molecule has 0 aromatic heterocycles. The van der Waals surface area contributed by atoms with Gasteiger partial charge in [0, 0.05) is 38.1 Å². The molecule has 0 unspecified atom stereocenters. The standard InChI is InChI=1S/C8H16O5S.C2H3O.Y/c1-2-14(10,11)8-7-13-6-5-12-4-3-9;1-2-3;/h2,9H,1,3-8H2;1H3;/q;-1;. The summed E-state index contributed by atoms with van der Waals surface area (Å²) in [6.07, 6.45) is 1.50. The fraction of sp³-hybridized carbons (Fsp3) is 0.700. The van der Waals surface area contributed by atoms with Gasteiger partial charge < -0.3 is 19.4 Å². The fourth-order valence-electron chi connectivity index (χ4n) is 0.645. The summed E-state index contributed by atoms with van der Waals surface area (Å²) in [6, 6.07) is 0. The molecule has 0 aromatic rings. The second kappa shape index (κ2) is 17.3. The number of hydrogen-bond donors (Lipinski definition) is 1. The Bertz CT molecular complexity index is 278. The first-order valence-corrected chi connectivity index (χ1v) is 6.66. The zero-order valence-electron chi connectivity index (χ0n) is 10.5. The van der Waals surface area contributed by atoms with E-state index in [0.717, 1.165) is 5.41 Å². The van der Waals surface area contributed by atoms with Gasteiger partial charge in [0.25, 0.3) is 0 Å². The summed E-state index contributed by atoms with van der Waals surface area (Å²) in [5, 5.41) is 9.27. The molecular weight excluding hydrogens is 337 g/mol. The first-order chi connectivity index (χ1) is 8.04. The molecule has 0 saturated carbocycles. The summed E-state index contributed by atoms with van der Waals surface area (Å²) in [4.78, 5) is 8.68. The van der Waals surface area contributed by atoms with Crippen molar-refractivity contribution in [3.05, 3.63) is 12.0 Å². The van der Waals surface area contributed by atoms with Crippen LogP contribution in [0.15, 0.2) is 12.0 Å². The first kappa shape index (κ1) is 23.4. The van der Waals surface area contributed by atoms with Gasteiger partial charge in [-0.3, -0.25) is 6.29 Å². The van der Waals surface area contributed by atoms with Crippen LogP contribution < -0.4 is 0 Å². The predicted molar refractivity (Wildman–Crippen MR) is 64.1 cm³/mol. The van der Waals surface area contributed by atoms with Gasteiger partial charge in [-0.1, -0.05) is 6.58 Å². The minimum absolute atomic E-state index is 0. The Labute approximate surface area is 134 Å². The third kappa shape index (κ3) is 21.6. The molecule has 18 heavy (non-hydrogen) atoms. The average molecular weight is 356 g/mol. The number of hydrogen-bond acceptors (Lipinski definition) is 6. The molecule has 105 valence electrons. The van der Waals surface area contributed by atoms with Crippen molar-refractivity contribution in [2.45, 2.75) is 6.92 Å². The van der Waals surface area contributed by atoms with Crippen LogP contribution in [0.2, 0.25) is 0 Å². The molecule has 0 aliphatic carbocycles. The third-order valence-electron chi connectivity index (χ3n) is 1.37. The second-order valence-corrected chi connectivity index (χ2v) is 4.75. The minimum atomic E-state index is -3.16. The Hall–Kier alpha value is 0.344. The van der Waals surface area contributed by atoms with Gasteiger partial charge in [-0.05, 0) is 0 Å². The molecule has 0 rings (SSSR count). The monoisotopic (exact) mass is 356 g/mol. The van der Waals surface area contributed by atoms with Crippen molar-refractivity contribution in [1.29, 1.82) is 0 Å². The molecule has 0 spiro atoms. The van der Waals surface area contributed by atoms with Gasteiger partial charge in [-0.25, -0.2) is 8.42 Å². The molecule has 0 aliphatic rings. The Balaban J connectivity index is -0.000000507. The van der Waals surface area contributed by atoms with Crippen LogP contribution in [-0.2, 0) is 56.8 Å². The van der Waals surface area contributed by atoms with Crippen LogP contribution in [0, 0.1) is 0 Å². The van der Waals surface area contributed by atoms with E-state index in [4.69, 9.17) is 19.4 Å². The zero-order chi connectivity index (χ0) is 13.6. The van der Waals surface area contributed by atoms with E-state index in [0.29, 0.717) is 13.2 Å². The minimum Gasteiger partial charge on any atom is -0.542 e. The van der Waals surface area contributed by atoms with Gasteiger partial charge in [0.05, 0.1) is 38.8 Å². The van der Waals surface area contributed by atoms with E-state index < -0.39 is 9.84 Å². The molecule has 0 atom stereocenters. The molecule has 0 aliphatic heterocycles. The first-order valence-electron chi connectivity index (χ1n) is 4.94. The van der Waals surface area contributed by atoms with Crippen LogP contribution >= 0.6 is 0 Å². The molecule has 0 amide bonds. The van der Waals surface area contributed by atoms with Crippen molar-refractivity contribution in [3.8, 4) is 0 Å². The third-order valence-corrected chi connectivity index (χ3v) is 2.62. The molecule has 1 radical (unpaired) electrons. The molecule has 0 saturated heterocycles. The van der Waals surface area contributed by atoms with E-state index in [2.05, 4.69) is 6.58 Å². The van der Waals surface area contributed by atoms with Gasteiger partial charge in [0.2, 0.25) is 0 Å². The zero-order valence-corrected chi connectivity index (χ0v) is 14.2. The topological polar surface area (TPSA) is 89.9 Å². The van der Waals surface area contributed by atoms with Gasteiger partial charge in [-0.2, -0.15) is 6.92 Å². The Morgan fingerprint density at radius 3 is 2.06 bits per heavy atom. The number of aliphatic hydroxyl groups excluding tert-OH is 1. The van der Waals surface area contributed by atoms with E-state index in [-0.39, 0.29) is 58.3 Å². The maximum atomic E-state index is 10.9. The number of aliphatic hydroxyl groups is 1. The van der Waals surface area contributed by atoms with Gasteiger partial charge in [-0.15, -0.1) is 0 Å². The molecule has 1 N–H and O–H groups in total. The summed E-state index contributed by atoms with van der Waals surface area (Å²) in [6.45, 7) is 5.56. The Morgan fingerprint density at radius 1 is 1.22 bits per heavy atom. The summed E-state index contributed by atoms with van der Waals surface area (Å²) < 4.78 is 31.6. The van der Waals surface area contributed by atoms with E-state index in [1.54, 1.807) is 0 Å². The number of rotatable bonds is 9. The predicted octanol–water partition coefficient (Wildman–Crippen LogP) is -0.316. The molecule has 0 heterocycles. The van der Waals surface area contributed by atoms with E-state index >= 15 is 0 Å². The number of carbonyl (C=O) groups excluding carboxylic acids is 1. The molecule has 8 heteroatoms. The van der Waals surface area contributed by atoms with Crippen molar-refractivity contribution in [2.75, 3.05) is 38.8 Å². The van der Waals surface area contributed by atoms with E-state index in [1.807, 2.05) is 0 Å². The van der Waals surface area contributed by atoms with Crippen LogP contribution in [0.4, 0.5) is 0 Å². The summed E-state index contributed by atoms with van der Waals surface area (Å²) in [5.41, 5.74) is 0. The van der Waals surface area contributed by atoms with Crippen LogP contribution in [0.3, 0.4) is 0 Å². The van der Waals surface area contributed by atoms with Crippen molar-refractivity contribution in [1.82, 2.24) is 0 Å². The van der Waals surface area contributed by atoms with Crippen molar-refractivity contribution < 1.29 is 60.5 Å². The molecule has 0 bridgehead atoms. The summed E-state index contributed by atoms with van der Waals surface area (Å²) in [5.74, 6) is -0.0590. The molecule has 0 fully saturated rings. The van der Waals surface area contributed by atoms with E-state index in [1.165, 1.54) is 13.2 Å². The average Bonchev–Trinajstić information content (AvgIpc) is 2.29. The normalized spacial score (nSPS) is 9.67. The second-order valence-electron chi connectivity index (χ2n) is 2.69. The fourth-order valence-corrected chi connectivity index (χ4v) is 1.16. The van der Waals surface area contributed by atoms with Crippen LogP contribution in [0.1, 0.15) is 6.92 Å². The maximum absolute atomic E-state index is 10.9. The van der Waals surface area contributed by atoms with Gasteiger partial charge in [0.15, 0.2) is 9.84 Å². The molecule has 6 nitrogen and oxygen atoms in total. The number of sulfone groups is 1. The van der Waals surface area contributed by atoms with Crippen molar-refractivity contribution in [2.24, 2.45) is 0 Å². The van der Waals surface area contributed by atoms with Crippen molar-refractivity contribution in [3.63, 3.8) is 0 Å². The summed E-state index contributed by atoms with van der Waals surface area (Å²) >= 11 is 0. The van der Waals surface area contributed by atoms with Gasteiger partial charge in [0.1, 0.15) is 0 Å². The Kier molecular flexibility index (Phi) is 22.6. The van der Waals surface area contributed by atoms with Crippen LogP contribution in [-0.4, -0.2) is 58.6 Å². The SMILES string of the molecule is C=CS(=O)(=O)CCOCCOCCO.C[C-]=O.[Y]. The largest absolute Gasteiger partial charge is 0.542 e.